The van der Waals surface area contributed by atoms with Crippen molar-refractivity contribution in [2.75, 3.05) is 6.61 Å². The fraction of sp³-hybridized carbons (Fsp3) is 0.636. The molecule has 3 nitrogen and oxygen atoms in total. The van der Waals surface area contributed by atoms with Gasteiger partial charge in [0.1, 0.15) is 5.69 Å². The van der Waals surface area contributed by atoms with Crippen molar-refractivity contribution in [1.82, 2.24) is 4.98 Å². The Bertz CT molecular complexity index is 304. The van der Waals surface area contributed by atoms with Gasteiger partial charge in [0.25, 0.3) is 0 Å². The molecular formula is C11H15NO2S. The Labute approximate surface area is 93.5 Å². The maximum Gasteiger partial charge on any atom is 0.182 e. The second-order valence-electron chi connectivity index (χ2n) is 3.82. The molecule has 2 rings (SSSR count). The number of nitrogens with zero attached hydrogens (tertiary/aromatic N) is 1. The molecule has 0 N–H and O–H groups in total. The first-order valence-electron chi connectivity index (χ1n) is 5.39. The first kappa shape index (κ1) is 10.8. The number of hydrogen-bond donors (Lipinski definition) is 0. The van der Waals surface area contributed by atoms with Crippen molar-refractivity contribution in [3.05, 3.63) is 16.6 Å². The predicted molar refractivity (Wildman–Crippen MR) is 59.3 cm³/mol. The Hall–Kier alpha value is -0.740. The van der Waals surface area contributed by atoms with Crippen LogP contribution in [0.5, 0.6) is 0 Å². The fourth-order valence-electron chi connectivity index (χ4n) is 1.84. The lowest BCUT2D eigenvalue weighted by Crippen LogP contribution is -2.06. The van der Waals surface area contributed by atoms with Gasteiger partial charge in [0, 0.05) is 18.4 Å². The van der Waals surface area contributed by atoms with Gasteiger partial charge in [-0.1, -0.05) is 0 Å². The number of thiazole rings is 1. The Kier molecular flexibility index (Phi) is 3.86. The summed E-state index contributed by atoms with van der Waals surface area (Å²) < 4.78 is 5.50. The van der Waals surface area contributed by atoms with Crippen LogP contribution >= 0.6 is 11.3 Å². The summed E-state index contributed by atoms with van der Waals surface area (Å²) >= 11 is 1.47. The average molecular weight is 225 g/mol. The van der Waals surface area contributed by atoms with E-state index in [1.807, 2.05) is 5.38 Å². The van der Waals surface area contributed by atoms with E-state index in [9.17, 15) is 4.79 Å². The van der Waals surface area contributed by atoms with Crippen molar-refractivity contribution in [2.24, 2.45) is 0 Å². The first-order valence-corrected chi connectivity index (χ1v) is 6.33. The Morgan fingerprint density at radius 1 is 1.67 bits per heavy atom. The van der Waals surface area contributed by atoms with Crippen LogP contribution in [0.15, 0.2) is 10.9 Å². The van der Waals surface area contributed by atoms with Crippen molar-refractivity contribution < 1.29 is 9.53 Å². The topological polar surface area (TPSA) is 39.2 Å². The van der Waals surface area contributed by atoms with Crippen LogP contribution < -0.4 is 0 Å². The van der Waals surface area contributed by atoms with E-state index in [1.54, 1.807) is 5.51 Å². The lowest BCUT2D eigenvalue weighted by Gasteiger charge is -2.07. The van der Waals surface area contributed by atoms with Crippen LogP contribution in [-0.4, -0.2) is 23.5 Å². The van der Waals surface area contributed by atoms with Gasteiger partial charge < -0.3 is 4.74 Å². The zero-order valence-electron chi connectivity index (χ0n) is 8.65. The van der Waals surface area contributed by atoms with Crippen molar-refractivity contribution >= 4 is 17.1 Å². The van der Waals surface area contributed by atoms with E-state index >= 15 is 0 Å². The maximum absolute atomic E-state index is 11.6. The zero-order valence-corrected chi connectivity index (χ0v) is 9.46. The summed E-state index contributed by atoms with van der Waals surface area (Å²) in [4.78, 5) is 15.6. The minimum Gasteiger partial charge on any atom is -0.378 e. The summed E-state index contributed by atoms with van der Waals surface area (Å²) in [6.45, 7) is 0.894. The van der Waals surface area contributed by atoms with Gasteiger partial charge in [-0.3, -0.25) is 4.79 Å². The lowest BCUT2D eigenvalue weighted by atomic mass is 10.1. The highest BCUT2D eigenvalue weighted by atomic mass is 32.1. The second-order valence-corrected chi connectivity index (χ2v) is 4.54. The number of ether oxygens (including phenoxy) is 1. The number of carbonyl (C=O) groups excluding carboxylic acids is 1. The van der Waals surface area contributed by atoms with Crippen LogP contribution in [0, 0.1) is 0 Å². The standard InChI is InChI=1S/C11H15NO2S/c13-11(10-7-15-8-12-10)5-1-3-9-4-2-6-14-9/h7-9H,1-6H2. The van der Waals surface area contributed by atoms with Crippen LogP contribution in [0.3, 0.4) is 0 Å². The Balaban J connectivity index is 1.67. The molecule has 2 heterocycles. The molecule has 1 aromatic heterocycles. The molecule has 82 valence electrons. The molecule has 0 aliphatic carbocycles. The molecule has 0 radical (unpaired) electrons. The average Bonchev–Trinajstić information content (AvgIpc) is 2.90. The summed E-state index contributed by atoms with van der Waals surface area (Å²) in [5.41, 5.74) is 2.32. The summed E-state index contributed by atoms with van der Waals surface area (Å²) in [5, 5.41) is 1.81. The van der Waals surface area contributed by atoms with Gasteiger partial charge in [-0.05, 0) is 25.7 Å². The van der Waals surface area contributed by atoms with Crippen LogP contribution in [0.4, 0.5) is 0 Å². The molecular weight excluding hydrogens is 210 g/mol. The third-order valence-corrected chi connectivity index (χ3v) is 3.26. The Morgan fingerprint density at radius 2 is 2.60 bits per heavy atom. The molecule has 0 aromatic carbocycles. The van der Waals surface area contributed by atoms with E-state index in [4.69, 9.17) is 4.74 Å². The summed E-state index contributed by atoms with van der Waals surface area (Å²) in [6.07, 6.45) is 5.25. The van der Waals surface area contributed by atoms with Crippen molar-refractivity contribution in [3.63, 3.8) is 0 Å². The van der Waals surface area contributed by atoms with Gasteiger partial charge in [0.15, 0.2) is 5.78 Å². The van der Waals surface area contributed by atoms with E-state index in [0.29, 0.717) is 18.2 Å². The van der Waals surface area contributed by atoms with Gasteiger partial charge in [-0.25, -0.2) is 4.98 Å². The number of rotatable bonds is 5. The molecule has 1 saturated heterocycles. The third kappa shape index (κ3) is 3.11. The second kappa shape index (κ2) is 5.37. The SMILES string of the molecule is O=C(CCCC1CCCO1)c1cscn1. The Morgan fingerprint density at radius 3 is 3.27 bits per heavy atom. The number of carbonyl (C=O) groups is 1. The predicted octanol–water partition coefficient (Wildman–Crippen LogP) is 2.68. The minimum absolute atomic E-state index is 0.161. The quantitative estimate of drug-likeness (QED) is 0.723. The van der Waals surface area contributed by atoms with Gasteiger partial charge in [0.2, 0.25) is 0 Å². The first-order chi connectivity index (χ1) is 7.36. The monoisotopic (exact) mass is 225 g/mol. The molecule has 0 amide bonds. The molecule has 1 aromatic rings. The highest BCUT2D eigenvalue weighted by Gasteiger charge is 2.16. The van der Waals surface area contributed by atoms with Crippen molar-refractivity contribution in [2.45, 2.75) is 38.2 Å². The zero-order chi connectivity index (χ0) is 10.5. The van der Waals surface area contributed by atoms with Gasteiger partial charge in [-0.2, -0.15) is 0 Å². The highest BCUT2D eigenvalue weighted by molar-refractivity contribution is 7.07. The molecule has 4 heteroatoms. The molecule has 1 unspecified atom stereocenters. The molecule has 1 fully saturated rings. The van der Waals surface area contributed by atoms with Crippen LogP contribution in [0.2, 0.25) is 0 Å². The largest absolute Gasteiger partial charge is 0.378 e. The molecule has 0 saturated carbocycles. The van der Waals surface area contributed by atoms with Gasteiger partial charge in [0.05, 0.1) is 11.6 Å². The van der Waals surface area contributed by atoms with E-state index < -0.39 is 0 Å². The molecule has 1 aliphatic heterocycles. The number of Topliss-reactive ketones (excluding diaryl/α,β-unsaturated/α-hetero) is 1. The van der Waals surface area contributed by atoms with Crippen molar-refractivity contribution in [1.29, 1.82) is 0 Å². The molecule has 15 heavy (non-hydrogen) atoms. The maximum atomic E-state index is 11.6. The summed E-state index contributed by atoms with van der Waals surface area (Å²) in [5.74, 6) is 0.161. The normalized spacial score (nSPS) is 20.7. The van der Waals surface area contributed by atoms with E-state index in [0.717, 1.165) is 25.9 Å². The molecule has 0 bridgehead atoms. The molecule has 0 spiro atoms. The van der Waals surface area contributed by atoms with E-state index in [-0.39, 0.29) is 5.78 Å². The summed E-state index contributed by atoms with van der Waals surface area (Å²) in [7, 11) is 0. The lowest BCUT2D eigenvalue weighted by molar-refractivity contribution is 0.0920. The smallest absolute Gasteiger partial charge is 0.182 e. The fourth-order valence-corrected chi connectivity index (χ4v) is 2.40. The molecule has 1 aliphatic rings. The number of aromatic nitrogens is 1. The minimum atomic E-state index is 0.161. The van der Waals surface area contributed by atoms with E-state index in [2.05, 4.69) is 4.98 Å². The summed E-state index contributed by atoms with van der Waals surface area (Å²) in [6, 6.07) is 0. The third-order valence-electron chi connectivity index (χ3n) is 2.67. The van der Waals surface area contributed by atoms with Gasteiger partial charge >= 0.3 is 0 Å². The van der Waals surface area contributed by atoms with Crippen LogP contribution in [0.25, 0.3) is 0 Å². The van der Waals surface area contributed by atoms with Crippen molar-refractivity contribution in [3.8, 4) is 0 Å². The number of ketones is 1. The van der Waals surface area contributed by atoms with Crippen LogP contribution in [-0.2, 0) is 4.74 Å². The molecule has 1 atom stereocenters. The van der Waals surface area contributed by atoms with Crippen LogP contribution in [0.1, 0.15) is 42.6 Å². The number of hydrogen-bond acceptors (Lipinski definition) is 4. The highest BCUT2D eigenvalue weighted by Crippen LogP contribution is 2.18. The van der Waals surface area contributed by atoms with E-state index in [1.165, 1.54) is 17.8 Å². The van der Waals surface area contributed by atoms with Gasteiger partial charge in [-0.15, -0.1) is 11.3 Å².